The Balaban J connectivity index is 1.79. The van der Waals surface area contributed by atoms with E-state index in [9.17, 15) is 4.79 Å². The monoisotopic (exact) mass is 425 g/mol. The molecule has 2 atom stereocenters. The maximum Gasteiger partial charge on any atom is 0.272 e. The molecule has 1 saturated heterocycles. The fourth-order valence-corrected chi connectivity index (χ4v) is 3.95. The summed E-state index contributed by atoms with van der Waals surface area (Å²) in [6, 6.07) is 16.8. The molecule has 2 unspecified atom stereocenters. The molecule has 0 saturated carbocycles. The number of methoxy groups -OCH3 is 1. The summed E-state index contributed by atoms with van der Waals surface area (Å²) in [5.74, 6) is 0.645. The summed E-state index contributed by atoms with van der Waals surface area (Å²) in [6.45, 7) is 5.04. The molecule has 0 spiro atoms. The first-order chi connectivity index (χ1) is 14.4. The topological polar surface area (TPSA) is 56.6 Å². The molecule has 0 aliphatic carbocycles. The van der Waals surface area contributed by atoms with Crippen molar-refractivity contribution in [1.29, 1.82) is 0 Å². The highest BCUT2D eigenvalue weighted by molar-refractivity contribution is 6.30. The van der Waals surface area contributed by atoms with Crippen molar-refractivity contribution in [2.24, 2.45) is 0 Å². The third-order valence-corrected chi connectivity index (χ3v) is 5.29. The highest BCUT2D eigenvalue weighted by Gasteiger charge is 2.29. The maximum absolute atomic E-state index is 13.5. The summed E-state index contributed by atoms with van der Waals surface area (Å²) < 4.78 is 12.8. The standard InChI is InChI=1S/C23H24ClN3O3/c1-15-13-26(14-16(2)30-15)23(28)22-12-21(17-6-4-9-20(10-17)29-3)25-27(22)19-8-5-7-18(24)11-19/h4-12,15-16H,13-14H2,1-3H3. The van der Waals surface area contributed by atoms with Crippen LogP contribution in [-0.2, 0) is 4.74 Å². The average molecular weight is 426 g/mol. The lowest BCUT2D eigenvalue weighted by molar-refractivity contribution is -0.0588. The highest BCUT2D eigenvalue weighted by atomic mass is 35.5. The summed E-state index contributed by atoms with van der Waals surface area (Å²) in [7, 11) is 1.62. The third-order valence-electron chi connectivity index (χ3n) is 5.05. The quantitative estimate of drug-likeness (QED) is 0.619. The Labute approximate surface area is 181 Å². The second-order valence-corrected chi connectivity index (χ2v) is 7.94. The molecule has 7 heteroatoms. The van der Waals surface area contributed by atoms with Crippen LogP contribution in [-0.4, -0.2) is 53.0 Å². The van der Waals surface area contributed by atoms with E-state index in [1.807, 2.05) is 61.2 Å². The maximum atomic E-state index is 13.5. The molecule has 1 amide bonds. The molecule has 0 bridgehead atoms. The SMILES string of the molecule is COc1cccc(-c2cc(C(=O)N3CC(C)OC(C)C3)n(-c3cccc(Cl)c3)n2)c1. The molecule has 0 radical (unpaired) electrons. The van der Waals surface area contributed by atoms with Gasteiger partial charge in [0.05, 0.1) is 30.7 Å². The molecular formula is C23H24ClN3O3. The molecule has 4 rings (SSSR count). The van der Waals surface area contributed by atoms with E-state index in [0.29, 0.717) is 29.5 Å². The number of ether oxygens (including phenoxy) is 2. The largest absolute Gasteiger partial charge is 0.497 e. The minimum atomic E-state index is -0.0846. The number of nitrogens with zero attached hydrogens (tertiary/aromatic N) is 3. The summed E-state index contributed by atoms with van der Waals surface area (Å²) in [5.41, 5.74) is 2.77. The van der Waals surface area contributed by atoms with Gasteiger partial charge in [-0.25, -0.2) is 4.68 Å². The van der Waals surface area contributed by atoms with E-state index < -0.39 is 0 Å². The van der Waals surface area contributed by atoms with Gasteiger partial charge in [0.1, 0.15) is 11.4 Å². The average Bonchev–Trinajstić information content (AvgIpc) is 3.18. The molecule has 1 aliphatic heterocycles. The van der Waals surface area contributed by atoms with Crippen molar-refractivity contribution >= 4 is 17.5 Å². The number of aromatic nitrogens is 2. The second kappa shape index (κ2) is 8.50. The first kappa shape index (κ1) is 20.4. The van der Waals surface area contributed by atoms with E-state index >= 15 is 0 Å². The first-order valence-electron chi connectivity index (χ1n) is 9.90. The summed E-state index contributed by atoms with van der Waals surface area (Å²) in [4.78, 5) is 15.3. The van der Waals surface area contributed by atoms with Crippen molar-refractivity contribution in [2.75, 3.05) is 20.2 Å². The number of benzene rings is 2. The summed E-state index contributed by atoms with van der Waals surface area (Å²) in [5, 5.41) is 5.33. The smallest absolute Gasteiger partial charge is 0.272 e. The van der Waals surface area contributed by atoms with Gasteiger partial charge in [-0.2, -0.15) is 5.10 Å². The molecule has 1 fully saturated rings. The van der Waals surface area contributed by atoms with Gasteiger partial charge >= 0.3 is 0 Å². The van der Waals surface area contributed by atoms with Gasteiger partial charge in [0.2, 0.25) is 0 Å². The molecule has 1 aromatic heterocycles. The third kappa shape index (κ3) is 4.20. The zero-order valence-electron chi connectivity index (χ0n) is 17.2. The molecule has 30 heavy (non-hydrogen) atoms. The Hall–Kier alpha value is -2.83. The molecule has 2 heterocycles. The lowest BCUT2D eigenvalue weighted by Crippen LogP contribution is -2.48. The lowest BCUT2D eigenvalue weighted by atomic mass is 10.1. The van der Waals surface area contributed by atoms with Gasteiger partial charge in [0.25, 0.3) is 5.91 Å². The Morgan fingerprint density at radius 2 is 1.83 bits per heavy atom. The van der Waals surface area contributed by atoms with Gasteiger partial charge in [-0.05, 0) is 50.2 Å². The van der Waals surface area contributed by atoms with Crippen molar-refractivity contribution in [3.05, 3.63) is 65.3 Å². The number of carbonyl (C=O) groups excluding carboxylic acids is 1. The van der Waals surface area contributed by atoms with E-state index in [2.05, 4.69) is 0 Å². The summed E-state index contributed by atoms with van der Waals surface area (Å²) in [6.07, 6.45) is -0.0313. The number of morpholine rings is 1. The van der Waals surface area contributed by atoms with E-state index in [1.54, 1.807) is 23.9 Å². The minimum absolute atomic E-state index is 0.0157. The predicted molar refractivity (Wildman–Crippen MR) is 116 cm³/mol. The van der Waals surface area contributed by atoms with E-state index in [-0.39, 0.29) is 18.1 Å². The number of halogens is 1. The van der Waals surface area contributed by atoms with Crippen LogP contribution in [0.4, 0.5) is 0 Å². The fourth-order valence-electron chi connectivity index (χ4n) is 3.77. The molecule has 0 N–H and O–H groups in total. The number of hydrogen-bond acceptors (Lipinski definition) is 4. The number of rotatable bonds is 4. The van der Waals surface area contributed by atoms with Crippen molar-refractivity contribution < 1.29 is 14.3 Å². The fraction of sp³-hybridized carbons (Fsp3) is 0.304. The van der Waals surface area contributed by atoms with Gasteiger partial charge in [0.15, 0.2) is 0 Å². The zero-order chi connectivity index (χ0) is 21.3. The molecule has 3 aromatic rings. The molecule has 6 nitrogen and oxygen atoms in total. The van der Waals surface area contributed by atoms with Crippen LogP contribution in [0.25, 0.3) is 16.9 Å². The van der Waals surface area contributed by atoms with E-state index in [1.165, 1.54) is 0 Å². The van der Waals surface area contributed by atoms with Crippen LogP contribution in [0, 0.1) is 0 Å². The Morgan fingerprint density at radius 3 is 2.53 bits per heavy atom. The number of hydrogen-bond donors (Lipinski definition) is 0. The van der Waals surface area contributed by atoms with Crippen LogP contribution in [0.3, 0.4) is 0 Å². The Morgan fingerprint density at radius 1 is 1.10 bits per heavy atom. The van der Waals surface area contributed by atoms with Crippen LogP contribution >= 0.6 is 11.6 Å². The molecule has 2 aromatic carbocycles. The number of carbonyl (C=O) groups is 1. The Kier molecular flexibility index (Phi) is 5.79. The normalized spacial score (nSPS) is 19.0. The van der Waals surface area contributed by atoms with Crippen LogP contribution in [0.2, 0.25) is 5.02 Å². The summed E-state index contributed by atoms with van der Waals surface area (Å²) >= 11 is 6.21. The molecule has 156 valence electrons. The van der Waals surface area contributed by atoms with Crippen molar-refractivity contribution in [2.45, 2.75) is 26.1 Å². The van der Waals surface area contributed by atoms with Crippen molar-refractivity contribution in [3.63, 3.8) is 0 Å². The van der Waals surface area contributed by atoms with Crippen LogP contribution in [0.5, 0.6) is 5.75 Å². The Bertz CT molecular complexity index is 1060. The van der Waals surface area contributed by atoms with Gasteiger partial charge in [0, 0.05) is 23.7 Å². The van der Waals surface area contributed by atoms with Gasteiger partial charge in [-0.1, -0.05) is 29.8 Å². The van der Waals surface area contributed by atoms with Crippen molar-refractivity contribution in [3.8, 4) is 22.7 Å². The molecular weight excluding hydrogens is 402 g/mol. The van der Waals surface area contributed by atoms with Gasteiger partial charge in [-0.15, -0.1) is 0 Å². The minimum Gasteiger partial charge on any atom is -0.497 e. The van der Waals surface area contributed by atoms with Gasteiger partial charge < -0.3 is 14.4 Å². The zero-order valence-corrected chi connectivity index (χ0v) is 18.0. The second-order valence-electron chi connectivity index (χ2n) is 7.51. The van der Waals surface area contributed by atoms with Crippen molar-refractivity contribution in [1.82, 2.24) is 14.7 Å². The number of amides is 1. The molecule has 1 aliphatic rings. The lowest BCUT2D eigenvalue weighted by Gasteiger charge is -2.35. The van der Waals surface area contributed by atoms with Gasteiger partial charge in [-0.3, -0.25) is 4.79 Å². The van der Waals surface area contributed by atoms with Crippen LogP contribution < -0.4 is 4.74 Å². The van der Waals surface area contributed by atoms with Crippen LogP contribution in [0.1, 0.15) is 24.3 Å². The predicted octanol–water partition coefficient (Wildman–Crippen LogP) is 4.45. The first-order valence-corrected chi connectivity index (χ1v) is 10.3. The highest BCUT2D eigenvalue weighted by Crippen LogP contribution is 2.27. The van der Waals surface area contributed by atoms with E-state index in [4.69, 9.17) is 26.2 Å². The van der Waals surface area contributed by atoms with E-state index in [0.717, 1.165) is 17.0 Å². The van der Waals surface area contributed by atoms with Crippen LogP contribution in [0.15, 0.2) is 54.6 Å².